The number of thiazole rings is 1. The Morgan fingerprint density at radius 3 is 2.47 bits per heavy atom. The van der Waals surface area contributed by atoms with Gasteiger partial charge in [-0.15, -0.1) is 11.3 Å². The molecule has 10 heteroatoms. The van der Waals surface area contributed by atoms with Gasteiger partial charge in [0.1, 0.15) is 4.21 Å². The molecule has 4 rings (SSSR count). The number of hydrogen-bond donors (Lipinski definition) is 0. The number of fused-ring (bicyclic) bond motifs is 1. The van der Waals surface area contributed by atoms with Gasteiger partial charge in [-0.05, 0) is 55.9 Å². The number of aryl methyl sites for hydroxylation is 1. The second-order valence-corrected chi connectivity index (χ2v) is 12.7. The minimum absolute atomic E-state index is 0.0528. The second-order valence-electron chi connectivity index (χ2n) is 8.55. The topological polar surface area (TPSA) is 73.8 Å². The number of para-hydroxylation sites is 1. The number of piperidine rings is 1. The lowest BCUT2D eigenvalue weighted by atomic mass is 9.96. The molecular formula is C24H32N4O3S3. The molecule has 1 aliphatic rings. The fourth-order valence-electron chi connectivity index (χ4n) is 4.37. The van der Waals surface area contributed by atoms with Gasteiger partial charge < -0.3 is 4.90 Å². The summed E-state index contributed by atoms with van der Waals surface area (Å²) in [6, 6.07) is 9.50. The Labute approximate surface area is 210 Å². The average Bonchev–Trinajstić information content (AvgIpc) is 3.53. The Kier molecular flexibility index (Phi) is 8.04. The maximum absolute atomic E-state index is 13.7. The molecule has 1 amide bonds. The molecule has 0 unspecified atom stereocenters. The van der Waals surface area contributed by atoms with Crippen LogP contribution in [0.3, 0.4) is 0 Å². The van der Waals surface area contributed by atoms with Crippen molar-refractivity contribution >= 4 is 54.0 Å². The highest BCUT2D eigenvalue weighted by Crippen LogP contribution is 2.33. The van der Waals surface area contributed by atoms with Crippen molar-refractivity contribution in [3.63, 3.8) is 0 Å². The quantitative estimate of drug-likeness (QED) is 0.417. The zero-order chi connectivity index (χ0) is 24.3. The van der Waals surface area contributed by atoms with Crippen LogP contribution in [0.25, 0.3) is 10.2 Å². The van der Waals surface area contributed by atoms with Crippen LogP contribution in [-0.2, 0) is 14.8 Å². The Hall–Kier alpha value is -1.85. The van der Waals surface area contributed by atoms with Crippen LogP contribution in [0, 0.1) is 12.8 Å². The lowest BCUT2D eigenvalue weighted by Gasteiger charge is -2.33. The highest BCUT2D eigenvalue weighted by Gasteiger charge is 2.35. The zero-order valence-electron chi connectivity index (χ0n) is 19.9. The minimum Gasteiger partial charge on any atom is -0.302 e. The number of carbonyl (C=O) groups excluding carboxylic acids is 1. The second kappa shape index (κ2) is 10.8. The van der Waals surface area contributed by atoms with E-state index in [0.717, 1.165) is 40.5 Å². The first-order valence-electron chi connectivity index (χ1n) is 11.8. The predicted molar refractivity (Wildman–Crippen MR) is 140 cm³/mol. The van der Waals surface area contributed by atoms with Gasteiger partial charge in [0.15, 0.2) is 5.13 Å². The van der Waals surface area contributed by atoms with Crippen LogP contribution in [0.1, 0.15) is 32.3 Å². The fourth-order valence-corrected chi connectivity index (χ4v) is 8.06. The molecule has 34 heavy (non-hydrogen) atoms. The fraction of sp³-hybridized carbons (Fsp3) is 0.500. The normalized spacial score (nSPS) is 15.9. The molecule has 0 N–H and O–H groups in total. The number of sulfonamides is 1. The highest BCUT2D eigenvalue weighted by atomic mass is 32.2. The number of carbonyl (C=O) groups is 1. The van der Waals surface area contributed by atoms with E-state index in [-0.39, 0.29) is 11.8 Å². The number of aromatic nitrogens is 1. The molecule has 0 aliphatic carbocycles. The van der Waals surface area contributed by atoms with Crippen molar-refractivity contribution in [1.29, 1.82) is 0 Å². The molecule has 0 saturated carbocycles. The van der Waals surface area contributed by atoms with Crippen molar-refractivity contribution in [2.24, 2.45) is 5.92 Å². The molecule has 0 spiro atoms. The van der Waals surface area contributed by atoms with E-state index in [1.165, 1.54) is 15.6 Å². The largest absolute Gasteiger partial charge is 0.302 e. The van der Waals surface area contributed by atoms with Crippen LogP contribution in [-0.4, -0.2) is 67.8 Å². The average molecular weight is 521 g/mol. The number of amides is 1. The van der Waals surface area contributed by atoms with E-state index in [9.17, 15) is 13.2 Å². The number of nitrogens with zero attached hydrogens (tertiary/aromatic N) is 4. The van der Waals surface area contributed by atoms with Gasteiger partial charge >= 0.3 is 0 Å². The van der Waals surface area contributed by atoms with Gasteiger partial charge in [-0.2, -0.15) is 4.31 Å². The minimum atomic E-state index is -3.48. The van der Waals surface area contributed by atoms with Crippen LogP contribution >= 0.6 is 22.7 Å². The molecule has 0 bridgehead atoms. The molecule has 2 aromatic heterocycles. The van der Waals surface area contributed by atoms with Crippen molar-refractivity contribution < 1.29 is 13.2 Å². The lowest BCUT2D eigenvalue weighted by Crippen LogP contribution is -2.46. The Morgan fingerprint density at radius 1 is 1.12 bits per heavy atom. The Bertz CT molecular complexity index is 1210. The summed E-state index contributed by atoms with van der Waals surface area (Å²) < 4.78 is 28.7. The van der Waals surface area contributed by atoms with Crippen LogP contribution in [0.5, 0.6) is 0 Å². The van der Waals surface area contributed by atoms with Crippen molar-refractivity contribution in [1.82, 2.24) is 14.2 Å². The summed E-state index contributed by atoms with van der Waals surface area (Å²) in [5.74, 6) is -0.156. The number of anilines is 1. The summed E-state index contributed by atoms with van der Waals surface area (Å²) in [6.45, 7) is 10.2. The summed E-state index contributed by atoms with van der Waals surface area (Å²) in [7, 11) is -3.48. The van der Waals surface area contributed by atoms with Crippen molar-refractivity contribution in [2.45, 2.75) is 37.8 Å². The molecule has 0 radical (unpaired) electrons. The van der Waals surface area contributed by atoms with Gasteiger partial charge in [0.2, 0.25) is 5.91 Å². The molecule has 184 valence electrons. The summed E-state index contributed by atoms with van der Waals surface area (Å²) in [6.07, 6.45) is 1.05. The standard InChI is InChI=1S/C24H32N4O3S3/c1-4-26(5-2)15-16-28(24-25-22-18(3)8-6-9-20(22)33-24)23(29)19-11-13-27(14-12-19)34(30,31)21-10-7-17-32-21/h6-10,17,19H,4-5,11-16H2,1-3H3. The third-order valence-electron chi connectivity index (χ3n) is 6.53. The van der Waals surface area contributed by atoms with Gasteiger partial charge in [0.25, 0.3) is 10.0 Å². The number of hydrogen-bond acceptors (Lipinski definition) is 7. The number of likely N-dealkylation sites (N-methyl/N-ethyl adjacent to an activating group) is 1. The van der Waals surface area contributed by atoms with Crippen LogP contribution in [0.4, 0.5) is 5.13 Å². The van der Waals surface area contributed by atoms with Crippen molar-refractivity contribution in [3.8, 4) is 0 Å². The summed E-state index contributed by atoms with van der Waals surface area (Å²) >= 11 is 2.79. The number of benzene rings is 1. The van der Waals surface area contributed by atoms with Crippen LogP contribution in [0.2, 0.25) is 0 Å². The van der Waals surface area contributed by atoms with E-state index in [1.807, 2.05) is 30.0 Å². The van der Waals surface area contributed by atoms with Gasteiger partial charge in [0, 0.05) is 32.1 Å². The van der Waals surface area contributed by atoms with Gasteiger partial charge in [-0.1, -0.05) is 43.4 Å². The van der Waals surface area contributed by atoms with Gasteiger partial charge in [-0.3, -0.25) is 9.69 Å². The maximum Gasteiger partial charge on any atom is 0.252 e. The van der Waals surface area contributed by atoms with E-state index in [1.54, 1.807) is 28.8 Å². The first kappa shape index (κ1) is 25.2. The molecule has 1 fully saturated rings. The third-order valence-corrected chi connectivity index (χ3v) is 10.8. The van der Waals surface area contributed by atoms with E-state index in [2.05, 4.69) is 18.7 Å². The molecule has 1 saturated heterocycles. The zero-order valence-corrected chi connectivity index (χ0v) is 22.4. The number of thiophene rings is 1. The van der Waals surface area contributed by atoms with Gasteiger partial charge in [0.05, 0.1) is 10.2 Å². The molecule has 0 atom stereocenters. The van der Waals surface area contributed by atoms with E-state index >= 15 is 0 Å². The molecule has 3 aromatic rings. The summed E-state index contributed by atoms with van der Waals surface area (Å²) in [5.41, 5.74) is 2.04. The van der Waals surface area contributed by atoms with Crippen LogP contribution < -0.4 is 4.90 Å². The van der Waals surface area contributed by atoms with E-state index in [4.69, 9.17) is 4.98 Å². The van der Waals surface area contributed by atoms with Gasteiger partial charge in [-0.25, -0.2) is 13.4 Å². The summed E-state index contributed by atoms with van der Waals surface area (Å²) in [4.78, 5) is 22.7. The van der Waals surface area contributed by atoms with Crippen molar-refractivity contribution in [2.75, 3.05) is 44.2 Å². The molecule has 1 aliphatic heterocycles. The first-order valence-corrected chi connectivity index (χ1v) is 14.9. The van der Waals surface area contributed by atoms with E-state index < -0.39 is 10.0 Å². The Morgan fingerprint density at radius 2 is 1.85 bits per heavy atom. The summed E-state index contributed by atoms with van der Waals surface area (Å²) in [5, 5.41) is 2.51. The third kappa shape index (κ3) is 5.21. The van der Waals surface area contributed by atoms with Crippen LogP contribution in [0.15, 0.2) is 39.9 Å². The SMILES string of the molecule is CCN(CC)CCN(C(=O)C1CCN(S(=O)(=O)c2cccs2)CC1)c1nc2c(C)cccc2s1. The monoisotopic (exact) mass is 520 g/mol. The Balaban J connectivity index is 1.53. The predicted octanol–water partition coefficient (Wildman–Crippen LogP) is 4.44. The molecule has 1 aromatic carbocycles. The smallest absolute Gasteiger partial charge is 0.252 e. The number of rotatable bonds is 9. The highest BCUT2D eigenvalue weighted by molar-refractivity contribution is 7.91. The molecular weight excluding hydrogens is 488 g/mol. The first-order chi connectivity index (χ1) is 16.3. The maximum atomic E-state index is 13.7. The molecule has 3 heterocycles. The lowest BCUT2D eigenvalue weighted by molar-refractivity contribution is -0.123. The van der Waals surface area contributed by atoms with Crippen molar-refractivity contribution in [3.05, 3.63) is 41.3 Å². The van der Waals surface area contributed by atoms with E-state index in [0.29, 0.717) is 36.7 Å². The molecule has 7 nitrogen and oxygen atoms in total.